The van der Waals surface area contributed by atoms with E-state index in [4.69, 9.17) is 5.11 Å². The minimum Gasteiger partial charge on any atom is -0.480 e. The molecule has 0 saturated carbocycles. The summed E-state index contributed by atoms with van der Waals surface area (Å²) < 4.78 is 1.29. The molecule has 0 spiro atoms. The summed E-state index contributed by atoms with van der Waals surface area (Å²) in [5.41, 5.74) is 1.32. The number of aliphatic carboxylic acids is 1. The van der Waals surface area contributed by atoms with E-state index in [2.05, 4.69) is 34.0 Å². The molecule has 0 bridgehead atoms. The van der Waals surface area contributed by atoms with Crippen molar-refractivity contribution < 1.29 is 9.90 Å². The molecule has 0 radical (unpaired) electrons. The maximum atomic E-state index is 10.5. The van der Waals surface area contributed by atoms with Crippen LogP contribution in [-0.2, 0) is 11.2 Å². The lowest BCUT2D eigenvalue weighted by atomic mass is 9.94. The van der Waals surface area contributed by atoms with Gasteiger partial charge < -0.3 is 10.4 Å². The van der Waals surface area contributed by atoms with Crippen molar-refractivity contribution in [2.24, 2.45) is 0 Å². The number of carbonyl (C=O) groups is 1. The zero-order valence-corrected chi connectivity index (χ0v) is 11.1. The third-order valence-electron chi connectivity index (χ3n) is 2.58. The lowest BCUT2D eigenvalue weighted by molar-refractivity contribution is -0.136. The molecule has 0 saturated heterocycles. The van der Waals surface area contributed by atoms with Crippen LogP contribution in [0.3, 0.4) is 0 Å². The van der Waals surface area contributed by atoms with Crippen molar-refractivity contribution in [2.45, 2.75) is 25.3 Å². The van der Waals surface area contributed by atoms with Gasteiger partial charge in [-0.15, -0.1) is 11.3 Å². The topological polar surface area (TPSA) is 49.3 Å². The Kier molecular flexibility index (Phi) is 3.63. The summed E-state index contributed by atoms with van der Waals surface area (Å²) in [5.74, 6) is -0.785. The molecule has 5 heteroatoms. The van der Waals surface area contributed by atoms with Crippen LogP contribution in [0.5, 0.6) is 0 Å². The van der Waals surface area contributed by atoms with Crippen LogP contribution in [0, 0.1) is 2.88 Å². The molecule has 1 aliphatic carbocycles. The zero-order chi connectivity index (χ0) is 10.8. The molecule has 2 N–H and O–H groups in total. The Morgan fingerprint density at radius 1 is 1.73 bits per heavy atom. The molecule has 0 amide bonds. The van der Waals surface area contributed by atoms with Crippen molar-refractivity contribution in [3.8, 4) is 0 Å². The van der Waals surface area contributed by atoms with Gasteiger partial charge in [0.15, 0.2) is 0 Å². The Morgan fingerprint density at radius 2 is 2.53 bits per heavy atom. The molecule has 1 aromatic rings. The summed E-state index contributed by atoms with van der Waals surface area (Å²) in [5, 5.41) is 11.7. The summed E-state index contributed by atoms with van der Waals surface area (Å²) in [6.07, 6.45) is 3.35. The van der Waals surface area contributed by atoms with E-state index in [0.717, 1.165) is 19.3 Å². The van der Waals surface area contributed by atoms with E-state index in [1.807, 2.05) is 11.3 Å². The highest BCUT2D eigenvalue weighted by Gasteiger charge is 2.22. The van der Waals surface area contributed by atoms with E-state index < -0.39 is 5.97 Å². The van der Waals surface area contributed by atoms with Crippen LogP contribution in [-0.4, -0.2) is 17.6 Å². The number of fused-ring (bicyclic) bond motifs is 1. The molecule has 2 rings (SSSR count). The fourth-order valence-corrected chi connectivity index (χ4v) is 4.06. The van der Waals surface area contributed by atoms with E-state index in [-0.39, 0.29) is 12.6 Å². The van der Waals surface area contributed by atoms with Gasteiger partial charge in [-0.1, -0.05) is 0 Å². The molecule has 1 heterocycles. The molecule has 1 atom stereocenters. The van der Waals surface area contributed by atoms with Gasteiger partial charge in [-0.05, 0) is 53.5 Å². The highest BCUT2D eigenvalue weighted by Crippen LogP contribution is 2.36. The predicted octanol–water partition coefficient (Wildman–Crippen LogP) is 2.40. The molecule has 3 nitrogen and oxygen atoms in total. The van der Waals surface area contributed by atoms with Gasteiger partial charge in [-0.25, -0.2) is 0 Å². The van der Waals surface area contributed by atoms with Crippen molar-refractivity contribution in [1.82, 2.24) is 5.32 Å². The quantitative estimate of drug-likeness (QED) is 0.833. The number of hydrogen-bond donors (Lipinski definition) is 2. The van der Waals surface area contributed by atoms with Crippen LogP contribution >= 0.6 is 33.9 Å². The smallest absolute Gasteiger partial charge is 0.317 e. The van der Waals surface area contributed by atoms with Crippen molar-refractivity contribution in [3.63, 3.8) is 0 Å². The maximum Gasteiger partial charge on any atom is 0.317 e. The van der Waals surface area contributed by atoms with Gasteiger partial charge in [0.2, 0.25) is 0 Å². The standard InChI is InChI=1S/C10H12INO2S/c11-9-4-6-7(12-5-10(13)14)2-1-3-8(6)15-9/h4,7,12H,1-3,5H2,(H,13,14). The van der Waals surface area contributed by atoms with Crippen LogP contribution in [0.2, 0.25) is 0 Å². The highest BCUT2D eigenvalue weighted by atomic mass is 127. The van der Waals surface area contributed by atoms with Gasteiger partial charge in [0.1, 0.15) is 0 Å². The minimum absolute atomic E-state index is 0.0521. The van der Waals surface area contributed by atoms with E-state index in [0.29, 0.717) is 0 Å². The lowest BCUT2D eigenvalue weighted by Gasteiger charge is -2.22. The SMILES string of the molecule is O=C(O)CNC1CCCc2sc(I)cc21. The number of nitrogens with one attached hydrogen (secondary N) is 1. The first-order valence-electron chi connectivity index (χ1n) is 4.90. The van der Waals surface area contributed by atoms with Crippen LogP contribution in [0.4, 0.5) is 0 Å². The maximum absolute atomic E-state index is 10.5. The van der Waals surface area contributed by atoms with Gasteiger partial charge in [-0.2, -0.15) is 0 Å². The number of halogens is 1. The Hall–Kier alpha value is -0.140. The summed E-state index contributed by atoms with van der Waals surface area (Å²) in [7, 11) is 0. The third-order valence-corrected chi connectivity index (χ3v) is 4.55. The summed E-state index contributed by atoms with van der Waals surface area (Å²) in [6.45, 7) is 0.0521. The predicted molar refractivity (Wildman–Crippen MR) is 68.4 cm³/mol. The average molecular weight is 337 g/mol. The van der Waals surface area contributed by atoms with Crippen molar-refractivity contribution in [2.75, 3.05) is 6.54 Å². The van der Waals surface area contributed by atoms with Crippen molar-refractivity contribution in [3.05, 3.63) is 19.4 Å². The molecule has 82 valence electrons. The first kappa shape index (κ1) is 11.3. The molecule has 0 aliphatic heterocycles. The normalized spacial score (nSPS) is 19.9. The monoisotopic (exact) mass is 337 g/mol. The first-order valence-corrected chi connectivity index (χ1v) is 6.79. The summed E-state index contributed by atoms with van der Waals surface area (Å²) in [4.78, 5) is 11.9. The van der Waals surface area contributed by atoms with Gasteiger partial charge in [0, 0.05) is 10.9 Å². The fourth-order valence-electron chi connectivity index (χ4n) is 1.94. The molecule has 0 aromatic carbocycles. The molecule has 0 fully saturated rings. The summed E-state index contributed by atoms with van der Waals surface area (Å²) in [6, 6.07) is 2.42. The van der Waals surface area contributed by atoms with E-state index in [1.54, 1.807) is 0 Å². The van der Waals surface area contributed by atoms with Gasteiger partial charge >= 0.3 is 5.97 Å². The number of hydrogen-bond acceptors (Lipinski definition) is 3. The van der Waals surface area contributed by atoms with Gasteiger partial charge in [0.05, 0.1) is 9.43 Å². The van der Waals surface area contributed by atoms with Crippen molar-refractivity contribution >= 4 is 39.9 Å². The Bertz CT molecular complexity index is 377. The fraction of sp³-hybridized carbons (Fsp3) is 0.500. The van der Waals surface area contributed by atoms with E-state index >= 15 is 0 Å². The Morgan fingerprint density at radius 3 is 3.27 bits per heavy atom. The van der Waals surface area contributed by atoms with Gasteiger partial charge in [-0.3, -0.25) is 4.79 Å². The van der Waals surface area contributed by atoms with Crippen LogP contribution in [0.15, 0.2) is 6.07 Å². The lowest BCUT2D eigenvalue weighted by Crippen LogP contribution is -2.29. The van der Waals surface area contributed by atoms with E-state index in [1.165, 1.54) is 13.3 Å². The Balaban J connectivity index is 2.11. The van der Waals surface area contributed by atoms with Crippen LogP contribution in [0.1, 0.15) is 29.3 Å². The Labute approximate surface area is 106 Å². The molecule has 15 heavy (non-hydrogen) atoms. The number of rotatable bonds is 3. The molecule has 1 aliphatic rings. The first-order chi connectivity index (χ1) is 7.16. The van der Waals surface area contributed by atoms with Crippen LogP contribution in [0.25, 0.3) is 0 Å². The molecular formula is C10H12INO2S. The second-order valence-electron chi connectivity index (χ2n) is 3.65. The number of aryl methyl sites for hydroxylation is 1. The molecule has 1 aromatic heterocycles. The summed E-state index contributed by atoms with van der Waals surface area (Å²) >= 11 is 4.15. The number of carboxylic acids is 1. The van der Waals surface area contributed by atoms with Gasteiger partial charge in [0.25, 0.3) is 0 Å². The molecule has 1 unspecified atom stereocenters. The minimum atomic E-state index is -0.785. The number of carboxylic acid groups (broad SMARTS) is 1. The highest BCUT2D eigenvalue weighted by molar-refractivity contribution is 14.1. The third kappa shape index (κ3) is 2.70. The largest absolute Gasteiger partial charge is 0.480 e. The average Bonchev–Trinajstić information content (AvgIpc) is 2.55. The van der Waals surface area contributed by atoms with Crippen molar-refractivity contribution in [1.29, 1.82) is 0 Å². The second-order valence-corrected chi connectivity index (χ2v) is 6.68. The second kappa shape index (κ2) is 4.80. The zero-order valence-electron chi connectivity index (χ0n) is 8.12. The number of thiophene rings is 1. The molecular weight excluding hydrogens is 325 g/mol. The van der Waals surface area contributed by atoms with E-state index in [9.17, 15) is 4.79 Å². The van der Waals surface area contributed by atoms with Crippen LogP contribution < -0.4 is 5.32 Å².